The summed E-state index contributed by atoms with van der Waals surface area (Å²) in [4.78, 5) is 31.2. The molecule has 0 saturated heterocycles. The number of halogens is 1. The van der Waals surface area contributed by atoms with Crippen LogP contribution in [0.5, 0.6) is 5.88 Å². The summed E-state index contributed by atoms with van der Waals surface area (Å²) in [6.45, 7) is -0.128. The number of anilines is 1. The number of nitrogens with one attached hydrogen (secondary N) is 1. The summed E-state index contributed by atoms with van der Waals surface area (Å²) in [7, 11) is 0. The summed E-state index contributed by atoms with van der Waals surface area (Å²) in [5.74, 6) is -0.940. The van der Waals surface area contributed by atoms with Crippen molar-refractivity contribution in [2.24, 2.45) is 0 Å². The molecule has 3 heterocycles. The van der Waals surface area contributed by atoms with Crippen molar-refractivity contribution in [2.75, 3.05) is 11.9 Å². The lowest BCUT2D eigenvalue weighted by Gasteiger charge is -2.26. The molecule has 2 aromatic rings. The second-order valence-electron chi connectivity index (χ2n) is 5.08. The van der Waals surface area contributed by atoms with Crippen LogP contribution in [0, 0.1) is 0 Å². The Kier molecular flexibility index (Phi) is 4.16. The Balaban J connectivity index is 1.80. The number of carboxylic acid groups (broad SMARTS) is 1. The molecule has 120 valence electrons. The Morgan fingerprint density at radius 1 is 1.48 bits per heavy atom. The van der Waals surface area contributed by atoms with E-state index in [1.54, 1.807) is 18.3 Å². The number of carbonyl (C=O) groups is 1. The summed E-state index contributed by atoms with van der Waals surface area (Å²) in [6.07, 6.45) is 3.25. The van der Waals surface area contributed by atoms with E-state index in [1.807, 2.05) is 0 Å². The van der Waals surface area contributed by atoms with Gasteiger partial charge >= 0.3 is 5.97 Å². The number of carboxylic acids is 1. The van der Waals surface area contributed by atoms with Crippen molar-refractivity contribution in [1.29, 1.82) is 0 Å². The van der Waals surface area contributed by atoms with E-state index in [1.165, 1.54) is 0 Å². The molecule has 1 aliphatic rings. The molecule has 0 fully saturated rings. The van der Waals surface area contributed by atoms with Gasteiger partial charge in [0.1, 0.15) is 19.5 Å². The van der Waals surface area contributed by atoms with E-state index in [9.17, 15) is 9.59 Å². The van der Waals surface area contributed by atoms with Gasteiger partial charge in [-0.2, -0.15) is 0 Å². The van der Waals surface area contributed by atoms with Gasteiger partial charge in [0, 0.05) is 18.3 Å². The molecule has 0 spiro atoms. The first-order valence-corrected chi connectivity index (χ1v) is 7.21. The molecule has 0 radical (unpaired) electrons. The minimum Gasteiger partial charge on any atom is -0.480 e. The molecule has 2 N–H and O–H groups in total. The molecule has 8 nitrogen and oxygen atoms in total. The zero-order valence-corrected chi connectivity index (χ0v) is 12.7. The molecule has 9 heteroatoms. The van der Waals surface area contributed by atoms with Gasteiger partial charge < -0.3 is 15.2 Å². The van der Waals surface area contributed by atoms with E-state index in [2.05, 4.69) is 15.3 Å². The number of fused-ring (bicyclic) bond motifs is 1. The number of nitrogens with zero attached hydrogens (tertiary/aromatic N) is 3. The van der Waals surface area contributed by atoms with Crippen LogP contribution in [-0.2, 0) is 17.8 Å². The predicted octanol–water partition coefficient (Wildman–Crippen LogP) is 0.792. The lowest BCUT2D eigenvalue weighted by atomic mass is 10.1. The highest BCUT2D eigenvalue weighted by Gasteiger charge is 2.24. The van der Waals surface area contributed by atoms with E-state index >= 15 is 0 Å². The zero-order chi connectivity index (χ0) is 16.4. The van der Waals surface area contributed by atoms with Crippen LogP contribution in [0.15, 0.2) is 29.5 Å². The normalized spacial score (nSPS) is 16.1. The van der Waals surface area contributed by atoms with Crippen LogP contribution < -0.4 is 15.6 Å². The Morgan fingerprint density at radius 3 is 3.00 bits per heavy atom. The molecule has 0 unspecified atom stereocenters. The van der Waals surface area contributed by atoms with Crippen molar-refractivity contribution in [3.8, 4) is 5.88 Å². The smallest absolute Gasteiger partial charge is 0.323 e. The van der Waals surface area contributed by atoms with Gasteiger partial charge in [-0.05, 0) is 12.1 Å². The Morgan fingerprint density at radius 2 is 2.30 bits per heavy atom. The van der Waals surface area contributed by atoms with Crippen LogP contribution in [0.3, 0.4) is 0 Å². The highest BCUT2D eigenvalue weighted by molar-refractivity contribution is 6.30. The Bertz CT molecular complexity index is 790. The number of hydrogen-bond acceptors (Lipinski definition) is 6. The maximum Gasteiger partial charge on any atom is 0.323 e. The monoisotopic (exact) mass is 336 g/mol. The second-order valence-corrected chi connectivity index (χ2v) is 5.51. The third-order valence-corrected chi connectivity index (χ3v) is 3.55. The minimum atomic E-state index is -1.12. The standard InChI is InChI=1S/C14H13ClN4O4/c15-8-1-2-9(16-4-8)3-10-6-23-13-12(18-10)14(22)19(7-17-13)5-11(20)21/h1-2,4,7,10,18H,3,5-6H2,(H,20,21)/t10-/m1/s1. The summed E-state index contributed by atoms with van der Waals surface area (Å²) < 4.78 is 6.50. The van der Waals surface area contributed by atoms with E-state index in [4.69, 9.17) is 21.4 Å². The Hall–Kier alpha value is -2.61. The summed E-state index contributed by atoms with van der Waals surface area (Å²) in [5, 5.41) is 12.4. The first-order valence-electron chi connectivity index (χ1n) is 6.84. The second kappa shape index (κ2) is 6.25. The number of ether oxygens (including phenoxy) is 1. The van der Waals surface area contributed by atoms with E-state index in [-0.39, 0.29) is 17.6 Å². The number of hydrogen-bond donors (Lipinski definition) is 2. The molecule has 23 heavy (non-hydrogen) atoms. The third-order valence-electron chi connectivity index (χ3n) is 3.32. The molecular formula is C14H13ClN4O4. The maximum atomic E-state index is 12.3. The highest BCUT2D eigenvalue weighted by atomic mass is 35.5. The average molecular weight is 337 g/mol. The largest absolute Gasteiger partial charge is 0.480 e. The molecule has 3 rings (SSSR count). The van der Waals surface area contributed by atoms with Crippen molar-refractivity contribution >= 4 is 23.3 Å². The summed E-state index contributed by atoms with van der Waals surface area (Å²) in [6, 6.07) is 3.36. The van der Waals surface area contributed by atoms with Gasteiger partial charge in [0.15, 0.2) is 5.69 Å². The van der Waals surface area contributed by atoms with Gasteiger partial charge in [-0.3, -0.25) is 19.1 Å². The summed E-state index contributed by atoms with van der Waals surface area (Å²) in [5.41, 5.74) is 0.485. The quantitative estimate of drug-likeness (QED) is 0.850. The molecule has 0 amide bonds. The maximum absolute atomic E-state index is 12.3. The van der Waals surface area contributed by atoms with Gasteiger partial charge in [0.25, 0.3) is 5.56 Å². The van der Waals surface area contributed by atoms with E-state index < -0.39 is 18.1 Å². The van der Waals surface area contributed by atoms with Gasteiger partial charge in [-0.1, -0.05) is 11.6 Å². The van der Waals surface area contributed by atoms with Crippen molar-refractivity contribution in [2.45, 2.75) is 19.0 Å². The fraction of sp³-hybridized carbons (Fsp3) is 0.286. The van der Waals surface area contributed by atoms with Crippen molar-refractivity contribution < 1.29 is 14.6 Å². The zero-order valence-electron chi connectivity index (χ0n) is 11.9. The van der Waals surface area contributed by atoms with Crippen LogP contribution >= 0.6 is 11.6 Å². The van der Waals surface area contributed by atoms with Crippen LogP contribution in [0.1, 0.15) is 5.69 Å². The fourth-order valence-corrected chi connectivity index (χ4v) is 2.39. The topological polar surface area (TPSA) is 106 Å². The molecule has 0 aliphatic carbocycles. The summed E-state index contributed by atoms with van der Waals surface area (Å²) >= 11 is 5.80. The van der Waals surface area contributed by atoms with Gasteiger partial charge in [-0.15, -0.1) is 0 Å². The van der Waals surface area contributed by atoms with Crippen LogP contribution in [0.2, 0.25) is 5.02 Å². The van der Waals surface area contributed by atoms with Crippen molar-refractivity contribution in [3.63, 3.8) is 0 Å². The predicted molar refractivity (Wildman–Crippen MR) is 82.0 cm³/mol. The van der Waals surface area contributed by atoms with Crippen LogP contribution in [-0.4, -0.2) is 38.3 Å². The molecular weight excluding hydrogens is 324 g/mol. The van der Waals surface area contributed by atoms with Crippen LogP contribution in [0.4, 0.5) is 5.69 Å². The SMILES string of the molecule is O=C(O)Cn1cnc2c(c1=O)N[C@H](Cc1ccc(Cl)cn1)CO2. The average Bonchev–Trinajstić information content (AvgIpc) is 2.52. The molecule has 0 aromatic carbocycles. The lowest BCUT2D eigenvalue weighted by molar-refractivity contribution is -0.137. The van der Waals surface area contributed by atoms with Crippen molar-refractivity contribution in [3.05, 3.63) is 45.7 Å². The first-order chi connectivity index (χ1) is 11.0. The number of aromatic nitrogens is 3. The molecule has 1 aliphatic heterocycles. The van der Waals surface area contributed by atoms with Gasteiger partial charge in [-0.25, -0.2) is 4.98 Å². The molecule has 2 aromatic heterocycles. The van der Waals surface area contributed by atoms with Gasteiger partial charge in [0.2, 0.25) is 5.88 Å². The molecule has 0 saturated carbocycles. The van der Waals surface area contributed by atoms with Crippen molar-refractivity contribution in [1.82, 2.24) is 14.5 Å². The number of aliphatic carboxylic acids is 1. The fourth-order valence-electron chi connectivity index (χ4n) is 2.28. The third kappa shape index (κ3) is 3.42. The number of pyridine rings is 1. The van der Waals surface area contributed by atoms with E-state index in [0.717, 1.165) is 16.6 Å². The molecule has 0 bridgehead atoms. The minimum absolute atomic E-state index is 0.166. The molecule has 1 atom stereocenters. The van der Waals surface area contributed by atoms with Gasteiger partial charge in [0.05, 0.1) is 11.1 Å². The lowest BCUT2D eigenvalue weighted by Crippen LogP contribution is -2.39. The highest BCUT2D eigenvalue weighted by Crippen LogP contribution is 2.23. The Labute approximate surface area is 135 Å². The van der Waals surface area contributed by atoms with Crippen LogP contribution in [0.25, 0.3) is 0 Å². The first kappa shape index (κ1) is 15.3. The van der Waals surface area contributed by atoms with E-state index in [0.29, 0.717) is 18.1 Å². The number of rotatable bonds is 4.